The molecule has 1 saturated heterocycles. The molecule has 1 fully saturated rings. The van der Waals surface area contributed by atoms with E-state index in [2.05, 4.69) is 46.9 Å². The molecule has 0 saturated carbocycles. The molecule has 0 aliphatic carbocycles. The summed E-state index contributed by atoms with van der Waals surface area (Å²) in [6, 6.07) is 10.3. The quantitative estimate of drug-likeness (QED) is 0.859. The molecule has 1 aliphatic heterocycles. The van der Waals surface area contributed by atoms with Crippen LogP contribution in [0.25, 0.3) is 0 Å². The molecule has 1 aromatic carbocycles. The number of benzene rings is 1. The van der Waals surface area contributed by atoms with E-state index in [0.29, 0.717) is 0 Å². The van der Waals surface area contributed by atoms with Gasteiger partial charge in [-0.2, -0.15) is 5.10 Å². The number of halogens is 1. The molecule has 2 N–H and O–H groups in total. The maximum absolute atomic E-state index is 13.1. The van der Waals surface area contributed by atoms with Gasteiger partial charge in [0.05, 0.1) is 6.04 Å². The van der Waals surface area contributed by atoms with E-state index in [9.17, 15) is 4.79 Å². The summed E-state index contributed by atoms with van der Waals surface area (Å²) in [6.07, 6.45) is 6.16. The van der Waals surface area contributed by atoms with Gasteiger partial charge < -0.3 is 10.6 Å². The molecule has 1 amide bonds. The van der Waals surface area contributed by atoms with Crippen LogP contribution in [0.5, 0.6) is 0 Å². The van der Waals surface area contributed by atoms with Gasteiger partial charge in [0, 0.05) is 12.4 Å². The van der Waals surface area contributed by atoms with Crippen LogP contribution in [0.1, 0.15) is 43.9 Å². The highest BCUT2D eigenvalue weighted by molar-refractivity contribution is 5.85. The lowest BCUT2D eigenvalue weighted by molar-refractivity contribution is -0.132. The molecule has 3 rings (SSSR count). The highest BCUT2D eigenvalue weighted by atomic mass is 35.5. The third-order valence-electron chi connectivity index (χ3n) is 5.03. The average Bonchev–Trinajstić information content (AvgIpc) is 3.17. The molecule has 6 heteroatoms. The summed E-state index contributed by atoms with van der Waals surface area (Å²) in [5.41, 5.74) is 1.85. The van der Waals surface area contributed by atoms with Gasteiger partial charge in [0.2, 0.25) is 5.91 Å². The lowest BCUT2D eigenvalue weighted by atomic mass is 9.87. The predicted octanol–water partition coefficient (Wildman–Crippen LogP) is 2.82. The van der Waals surface area contributed by atoms with Crippen molar-refractivity contribution >= 4 is 18.3 Å². The number of hydrogen-bond acceptors (Lipinski definition) is 3. The number of carbonyl (C=O) groups is 1. The van der Waals surface area contributed by atoms with E-state index in [1.807, 2.05) is 23.9 Å². The number of hydrogen-bond donors (Lipinski definition) is 2. The summed E-state index contributed by atoms with van der Waals surface area (Å²) < 4.78 is 1.83. The minimum absolute atomic E-state index is 0. The third kappa shape index (κ3) is 4.05. The Morgan fingerprint density at radius 1 is 1.32 bits per heavy atom. The molecule has 0 bridgehead atoms. The first-order chi connectivity index (χ1) is 11.7. The number of carbonyl (C=O) groups excluding carboxylic acids is 1. The van der Waals surface area contributed by atoms with E-state index in [1.54, 1.807) is 6.20 Å². The van der Waals surface area contributed by atoms with Crippen molar-refractivity contribution < 1.29 is 4.79 Å². The van der Waals surface area contributed by atoms with Crippen molar-refractivity contribution in [2.75, 3.05) is 13.1 Å². The number of aryl methyl sites for hydroxylation is 1. The maximum Gasteiger partial charge on any atom is 0.248 e. The molecule has 1 aromatic heterocycles. The van der Waals surface area contributed by atoms with Crippen LogP contribution in [0.4, 0.5) is 0 Å². The van der Waals surface area contributed by atoms with Crippen molar-refractivity contribution in [3.8, 4) is 0 Å². The van der Waals surface area contributed by atoms with Gasteiger partial charge in [-0.3, -0.25) is 9.48 Å². The summed E-state index contributed by atoms with van der Waals surface area (Å²) >= 11 is 0. The van der Waals surface area contributed by atoms with E-state index >= 15 is 0 Å². The van der Waals surface area contributed by atoms with Crippen LogP contribution in [-0.4, -0.2) is 28.8 Å². The fraction of sp³-hybridized carbons (Fsp3) is 0.474. The SMILES string of the molecule is CCc1ccc(C(C)NC(=O)C2(n3cccn3)CCNCC2)cc1.Cl. The summed E-state index contributed by atoms with van der Waals surface area (Å²) in [5.74, 6) is 0.0553. The molecule has 1 aliphatic rings. The van der Waals surface area contributed by atoms with E-state index in [1.165, 1.54) is 5.56 Å². The Balaban J connectivity index is 0.00000225. The predicted molar refractivity (Wildman–Crippen MR) is 102 cm³/mol. The second-order valence-corrected chi connectivity index (χ2v) is 6.52. The van der Waals surface area contributed by atoms with E-state index in [-0.39, 0.29) is 24.4 Å². The molecular formula is C19H27ClN4O. The monoisotopic (exact) mass is 362 g/mol. The van der Waals surface area contributed by atoms with E-state index < -0.39 is 5.54 Å². The van der Waals surface area contributed by atoms with E-state index in [4.69, 9.17) is 0 Å². The Bertz CT molecular complexity index is 663. The van der Waals surface area contributed by atoms with Crippen LogP contribution in [0, 0.1) is 0 Å². The van der Waals surface area contributed by atoms with Crippen LogP contribution >= 0.6 is 12.4 Å². The van der Waals surface area contributed by atoms with Gasteiger partial charge in [0.15, 0.2) is 0 Å². The molecule has 136 valence electrons. The minimum atomic E-state index is -0.591. The van der Waals surface area contributed by atoms with Crippen molar-refractivity contribution in [2.24, 2.45) is 0 Å². The average molecular weight is 363 g/mol. The molecule has 1 atom stereocenters. The fourth-order valence-corrected chi connectivity index (χ4v) is 3.38. The highest BCUT2D eigenvalue weighted by Crippen LogP contribution is 2.28. The molecule has 0 spiro atoms. The van der Waals surface area contributed by atoms with Crippen LogP contribution in [0.15, 0.2) is 42.7 Å². The van der Waals surface area contributed by atoms with Gasteiger partial charge >= 0.3 is 0 Å². The van der Waals surface area contributed by atoms with Gasteiger partial charge in [-0.25, -0.2) is 0 Å². The van der Waals surface area contributed by atoms with Crippen LogP contribution in [0.2, 0.25) is 0 Å². The Morgan fingerprint density at radius 2 is 2.00 bits per heavy atom. The Labute approximate surface area is 155 Å². The second-order valence-electron chi connectivity index (χ2n) is 6.52. The number of amides is 1. The third-order valence-corrected chi connectivity index (χ3v) is 5.03. The summed E-state index contributed by atoms with van der Waals surface area (Å²) in [7, 11) is 0. The lowest BCUT2D eigenvalue weighted by Gasteiger charge is -2.37. The maximum atomic E-state index is 13.1. The molecule has 2 aromatic rings. The smallest absolute Gasteiger partial charge is 0.248 e. The highest BCUT2D eigenvalue weighted by Gasteiger charge is 2.42. The van der Waals surface area contributed by atoms with Gasteiger partial charge in [-0.15, -0.1) is 12.4 Å². The number of aromatic nitrogens is 2. The zero-order valence-corrected chi connectivity index (χ0v) is 15.7. The van der Waals surface area contributed by atoms with Crippen molar-refractivity contribution in [1.29, 1.82) is 0 Å². The number of nitrogens with one attached hydrogen (secondary N) is 2. The molecule has 1 unspecified atom stereocenters. The molecule has 5 nitrogen and oxygen atoms in total. The minimum Gasteiger partial charge on any atom is -0.347 e. The largest absolute Gasteiger partial charge is 0.347 e. The normalized spacial score (nSPS) is 17.4. The standard InChI is InChI=1S/C19H26N4O.ClH/c1-3-16-5-7-17(8-6-16)15(2)22-18(24)19(9-12-20-13-10-19)23-14-4-11-21-23;/h4-8,11,14-15,20H,3,9-10,12-13H2,1-2H3,(H,22,24);1H. The molecule has 2 heterocycles. The first-order valence-corrected chi connectivity index (χ1v) is 8.76. The number of piperidine rings is 1. The van der Waals surface area contributed by atoms with Crippen molar-refractivity contribution in [2.45, 2.75) is 44.7 Å². The van der Waals surface area contributed by atoms with E-state index in [0.717, 1.165) is 37.9 Å². The summed E-state index contributed by atoms with van der Waals surface area (Å²) in [4.78, 5) is 13.1. The first kappa shape index (κ1) is 19.5. The number of nitrogens with zero attached hydrogens (tertiary/aromatic N) is 2. The van der Waals surface area contributed by atoms with Gasteiger partial charge in [-0.05, 0) is 56.5 Å². The van der Waals surface area contributed by atoms with Crippen molar-refractivity contribution in [3.63, 3.8) is 0 Å². The zero-order chi connectivity index (χ0) is 17.0. The fourth-order valence-electron chi connectivity index (χ4n) is 3.38. The van der Waals surface area contributed by atoms with Crippen LogP contribution in [-0.2, 0) is 16.8 Å². The first-order valence-electron chi connectivity index (χ1n) is 8.76. The Hall–Kier alpha value is -1.85. The summed E-state index contributed by atoms with van der Waals surface area (Å²) in [5, 5.41) is 10.9. The molecule has 25 heavy (non-hydrogen) atoms. The van der Waals surface area contributed by atoms with Gasteiger partial charge in [-0.1, -0.05) is 31.2 Å². The second kappa shape index (κ2) is 8.50. The van der Waals surface area contributed by atoms with Gasteiger partial charge in [0.1, 0.15) is 5.54 Å². The molecular weight excluding hydrogens is 336 g/mol. The van der Waals surface area contributed by atoms with Crippen LogP contribution < -0.4 is 10.6 Å². The van der Waals surface area contributed by atoms with Gasteiger partial charge in [0.25, 0.3) is 0 Å². The Kier molecular flexibility index (Phi) is 6.62. The van der Waals surface area contributed by atoms with Crippen molar-refractivity contribution in [3.05, 3.63) is 53.9 Å². The number of rotatable bonds is 5. The Morgan fingerprint density at radius 3 is 2.56 bits per heavy atom. The lowest BCUT2D eigenvalue weighted by Crippen LogP contribution is -2.55. The topological polar surface area (TPSA) is 59.0 Å². The van der Waals surface area contributed by atoms with Crippen molar-refractivity contribution in [1.82, 2.24) is 20.4 Å². The zero-order valence-electron chi connectivity index (χ0n) is 14.9. The summed E-state index contributed by atoms with van der Waals surface area (Å²) in [6.45, 7) is 5.83. The molecule has 0 radical (unpaired) electrons. The van der Waals surface area contributed by atoms with Crippen LogP contribution in [0.3, 0.4) is 0 Å².